The second-order valence-corrected chi connectivity index (χ2v) is 2.52. The fourth-order valence-corrected chi connectivity index (χ4v) is 1.22. The van der Waals surface area contributed by atoms with Crippen molar-refractivity contribution in [3.8, 4) is 5.75 Å². The van der Waals surface area contributed by atoms with E-state index in [2.05, 4.69) is 4.29 Å². The molecule has 0 fully saturated rings. The van der Waals surface area contributed by atoms with Crippen molar-refractivity contribution in [1.29, 1.82) is 0 Å². The van der Waals surface area contributed by atoms with Crippen molar-refractivity contribution in [3.05, 3.63) is 28.8 Å². The molecule has 1 nitrogen and oxygen atoms in total. The standard InChI is InChI=1S/C7H6Cl2O/c1-5-3-2-4-6(8)7(5)10-9/h2-4H,1H3. The first-order valence-corrected chi connectivity index (χ1v) is 3.48. The molecule has 0 aromatic heterocycles. The van der Waals surface area contributed by atoms with Gasteiger partial charge in [-0.3, -0.25) is 0 Å². The van der Waals surface area contributed by atoms with Gasteiger partial charge in [0.25, 0.3) is 0 Å². The minimum absolute atomic E-state index is 0.533. The molecule has 0 amide bonds. The van der Waals surface area contributed by atoms with E-state index in [9.17, 15) is 0 Å². The molecule has 0 unspecified atom stereocenters. The minimum Gasteiger partial charge on any atom is -0.384 e. The van der Waals surface area contributed by atoms with Crippen LogP contribution in [0.5, 0.6) is 5.75 Å². The Morgan fingerprint density at radius 1 is 1.40 bits per heavy atom. The van der Waals surface area contributed by atoms with E-state index >= 15 is 0 Å². The Morgan fingerprint density at radius 3 is 2.50 bits per heavy atom. The SMILES string of the molecule is Cc1cccc(Cl)c1OCl. The smallest absolute Gasteiger partial charge is 0.167 e. The zero-order valence-electron chi connectivity index (χ0n) is 5.40. The number of benzene rings is 1. The van der Waals surface area contributed by atoms with Gasteiger partial charge in [-0.1, -0.05) is 23.7 Å². The summed E-state index contributed by atoms with van der Waals surface area (Å²) in [6.45, 7) is 1.88. The summed E-state index contributed by atoms with van der Waals surface area (Å²) in [4.78, 5) is 0. The topological polar surface area (TPSA) is 9.23 Å². The fraction of sp³-hybridized carbons (Fsp3) is 0.143. The van der Waals surface area contributed by atoms with Gasteiger partial charge in [-0.05, 0) is 18.6 Å². The maximum absolute atomic E-state index is 5.72. The maximum atomic E-state index is 5.72. The van der Waals surface area contributed by atoms with Crippen molar-refractivity contribution in [1.82, 2.24) is 0 Å². The summed E-state index contributed by atoms with van der Waals surface area (Å²) in [5, 5.41) is 0.537. The van der Waals surface area contributed by atoms with E-state index in [1.54, 1.807) is 6.07 Å². The summed E-state index contributed by atoms with van der Waals surface area (Å²) in [6.07, 6.45) is 0. The lowest BCUT2D eigenvalue weighted by atomic mass is 10.2. The fourth-order valence-electron chi connectivity index (χ4n) is 0.714. The van der Waals surface area contributed by atoms with E-state index in [4.69, 9.17) is 23.5 Å². The molecule has 1 aromatic carbocycles. The largest absolute Gasteiger partial charge is 0.384 e. The van der Waals surface area contributed by atoms with Gasteiger partial charge in [0.15, 0.2) is 5.75 Å². The lowest BCUT2D eigenvalue weighted by Gasteiger charge is -2.01. The third kappa shape index (κ3) is 1.36. The van der Waals surface area contributed by atoms with Crippen LogP contribution in [0.15, 0.2) is 18.2 Å². The van der Waals surface area contributed by atoms with Gasteiger partial charge in [0, 0.05) is 0 Å². The van der Waals surface area contributed by atoms with Gasteiger partial charge in [-0.25, -0.2) is 0 Å². The number of aryl methyl sites for hydroxylation is 1. The minimum atomic E-state index is 0.533. The molecule has 1 rings (SSSR count). The van der Waals surface area contributed by atoms with Crippen LogP contribution in [0.4, 0.5) is 0 Å². The van der Waals surface area contributed by atoms with Crippen molar-refractivity contribution in [2.45, 2.75) is 6.92 Å². The third-order valence-corrected chi connectivity index (χ3v) is 1.69. The average molecular weight is 177 g/mol. The lowest BCUT2D eigenvalue weighted by Crippen LogP contribution is -1.80. The lowest BCUT2D eigenvalue weighted by molar-refractivity contribution is 0.614. The molecule has 54 valence electrons. The first kappa shape index (κ1) is 7.70. The normalized spacial score (nSPS) is 9.50. The van der Waals surface area contributed by atoms with Crippen LogP contribution in [-0.2, 0) is 0 Å². The Morgan fingerprint density at radius 2 is 2.10 bits per heavy atom. The highest BCUT2D eigenvalue weighted by Crippen LogP contribution is 2.28. The molecule has 0 bridgehead atoms. The van der Waals surface area contributed by atoms with E-state index in [0.29, 0.717) is 10.8 Å². The molecule has 0 aliphatic carbocycles. The molecule has 0 atom stereocenters. The van der Waals surface area contributed by atoms with Gasteiger partial charge in [-0.15, -0.1) is 0 Å². The summed E-state index contributed by atoms with van der Waals surface area (Å²) in [7, 11) is 0. The van der Waals surface area contributed by atoms with Crippen LogP contribution in [0.3, 0.4) is 0 Å². The van der Waals surface area contributed by atoms with Crippen molar-refractivity contribution in [3.63, 3.8) is 0 Å². The Kier molecular flexibility index (Phi) is 2.41. The highest BCUT2D eigenvalue weighted by atomic mass is 35.5. The summed E-state index contributed by atoms with van der Waals surface area (Å²) < 4.78 is 4.52. The summed E-state index contributed by atoms with van der Waals surface area (Å²) >= 11 is 10.9. The zero-order chi connectivity index (χ0) is 7.56. The molecular weight excluding hydrogens is 171 g/mol. The predicted molar refractivity (Wildman–Crippen MR) is 42.7 cm³/mol. The number of rotatable bonds is 1. The number of halogens is 2. The molecule has 1 aromatic rings. The van der Waals surface area contributed by atoms with Gasteiger partial charge in [0.05, 0.1) is 5.02 Å². The summed E-state index contributed by atoms with van der Waals surface area (Å²) in [5.74, 6) is 0.533. The van der Waals surface area contributed by atoms with E-state index in [0.717, 1.165) is 5.56 Å². The zero-order valence-corrected chi connectivity index (χ0v) is 6.91. The molecule has 0 aliphatic rings. The van der Waals surface area contributed by atoms with Crippen molar-refractivity contribution in [2.75, 3.05) is 0 Å². The van der Waals surface area contributed by atoms with Gasteiger partial charge in [0.2, 0.25) is 0 Å². The van der Waals surface area contributed by atoms with Gasteiger partial charge < -0.3 is 4.29 Å². The van der Waals surface area contributed by atoms with Gasteiger partial charge in [0.1, 0.15) is 11.9 Å². The summed E-state index contributed by atoms with van der Waals surface area (Å²) in [5.41, 5.74) is 0.933. The average Bonchev–Trinajstić information content (AvgIpc) is 1.88. The number of para-hydroxylation sites is 1. The van der Waals surface area contributed by atoms with Crippen LogP contribution in [0.2, 0.25) is 5.02 Å². The Hall–Kier alpha value is -0.400. The van der Waals surface area contributed by atoms with Gasteiger partial charge in [-0.2, -0.15) is 0 Å². The Bertz CT molecular complexity index is 215. The highest BCUT2D eigenvalue weighted by Gasteiger charge is 2.02. The monoisotopic (exact) mass is 176 g/mol. The highest BCUT2D eigenvalue weighted by molar-refractivity contribution is 6.32. The van der Waals surface area contributed by atoms with Crippen LogP contribution < -0.4 is 4.29 Å². The maximum Gasteiger partial charge on any atom is 0.167 e. The van der Waals surface area contributed by atoms with Crippen LogP contribution in [0.25, 0.3) is 0 Å². The van der Waals surface area contributed by atoms with Crippen LogP contribution >= 0.6 is 23.5 Å². The second-order valence-electron chi connectivity index (χ2n) is 1.96. The summed E-state index contributed by atoms with van der Waals surface area (Å²) in [6, 6.07) is 5.45. The predicted octanol–water partition coefficient (Wildman–Crippen LogP) is 3.18. The molecule has 3 heteroatoms. The van der Waals surface area contributed by atoms with Crippen LogP contribution in [0, 0.1) is 6.92 Å². The molecule has 0 saturated carbocycles. The van der Waals surface area contributed by atoms with E-state index in [-0.39, 0.29) is 0 Å². The third-order valence-electron chi connectivity index (χ3n) is 1.24. The van der Waals surface area contributed by atoms with Crippen LogP contribution in [0.1, 0.15) is 5.56 Å². The molecule has 0 heterocycles. The molecule has 0 aliphatic heterocycles. The molecule has 0 radical (unpaired) electrons. The first-order chi connectivity index (χ1) is 4.75. The van der Waals surface area contributed by atoms with Crippen LogP contribution in [-0.4, -0.2) is 0 Å². The molecule has 0 spiro atoms. The van der Waals surface area contributed by atoms with E-state index in [1.807, 2.05) is 19.1 Å². The Labute approximate surface area is 69.7 Å². The van der Waals surface area contributed by atoms with Crippen molar-refractivity contribution < 1.29 is 4.29 Å². The molecule has 0 saturated heterocycles. The molecule has 10 heavy (non-hydrogen) atoms. The van der Waals surface area contributed by atoms with Gasteiger partial charge >= 0.3 is 0 Å². The Balaban J connectivity index is 3.17. The second kappa shape index (κ2) is 3.13. The number of hydrogen-bond acceptors (Lipinski definition) is 1. The van der Waals surface area contributed by atoms with Crippen molar-refractivity contribution >= 4 is 23.5 Å². The van der Waals surface area contributed by atoms with E-state index < -0.39 is 0 Å². The first-order valence-electron chi connectivity index (χ1n) is 2.79. The van der Waals surface area contributed by atoms with E-state index in [1.165, 1.54) is 0 Å². The number of hydrogen-bond donors (Lipinski definition) is 0. The van der Waals surface area contributed by atoms with Crippen molar-refractivity contribution in [2.24, 2.45) is 0 Å². The molecular formula is C7H6Cl2O. The quantitative estimate of drug-likeness (QED) is 0.639. The molecule has 0 N–H and O–H groups in total.